The summed E-state index contributed by atoms with van der Waals surface area (Å²) in [6.45, 7) is 6.12. The average molecular weight is 445 g/mol. The Hall–Kier alpha value is -2.67. The van der Waals surface area contributed by atoms with Gasteiger partial charge in [0.1, 0.15) is 5.76 Å². The molecule has 0 aliphatic carbocycles. The highest BCUT2D eigenvalue weighted by Crippen LogP contribution is 2.20. The third-order valence-corrected chi connectivity index (χ3v) is 7.46. The molecule has 2 heterocycles. The molecule has 31 heavy (non-hydrogen) atoms. The zero-order chi connectivity index (χ0) is 22.4. The molecule has 0 bridgehead atoms. The number of piperazine rings is 1. The number of aryl methyl sites for hydroxylation is 2. The second-order valence-corrected chi connectivity index (χ2v) is 9.67. The summed E-state index contributed by atoms with van der Waals surface area (Å²) in [5.74, 6) is 0.655. The second kappa shape index (κ2) is 10.1. The van der Waals surface area contributed by atoms with Crippen LogP contribution in [0.25, 0.3) is 0 Å². The van der Waals surface area contributed by atoms with E-state index in [-0.39, 0.29) is 30.4 Å². The number of carbonyl (C=O) groups excluding carboxylic acids is 1. The molecule has 0 unspecified atom stereocenters. The Bertz CT molecular complexity index is 1040. The number of benzene rings is 1. The lowest BCUT2D eigenvalue weighted by atomic mass is 10.1. The van der Waals surface area contributed by atoms with Gasteiger partial charge < -0.3 is 9.32 Å². The minimum Gasteiger partial charge on any atom is -0.468 e. The molecule has 2 aromatic rings. The van der Waals surface area contributed by atoms with Crippen LogP contribution in [0.5, 0.6) is 0 Å². The van der Waals surface area contributed by atoms with Gasteiger partial charge in [0.25, 0.3) is 0 Å². The van der Waals surface area contributed by atoms with Gasteiger partial charge in [0.15, 0.2) is 0 Å². The SMILES string of the molecule is Cc1ccc(S(=O)(=O)N2CCN(C(=O)CN(CCC#N)Cc3ccco3)CC2)cc1C. The Labute approximate surface area is 183 Å². The summed E-state index contributed by atoms with van der Waals surface area (Å²) in [7, 11) is -3.58. The first-order chi connectivity index (χ1) is 14.8. The molecule has 1 aromatic heterocycles. The van der Waals surface area contributed by atoms with Crippen LogP contribution < -0.4 is 0 Å². The molecule has 0 atom stereocenters. The fourth-order valence-corrected chi connectivity index (χ4v) is 5.05. The van der Waals surface area contributed by atoms with E-state index in [4.69, 9.17) is 9.68 Å². The van der Waals surface area contributed by atoms with Crippen LogP contribution in [0.1, 0.15) is 23.3 Å². The molecule has 8 nitrogen and oxygen atoms in total. The normalized spacial score (nSPS) is 15.2. The highest BCUT2D eigenvalue weighted by atomic mass is 32.2. The maximum absolute atomic E-state index is 13.0. The van der Waals surface area contributed by atoms with Crippen molar-refractivity contribution >= 4 is 15.9 Å². The van der Waals surface area contributed by atoms with Crippen molar-refractivity contribution in [2.75, 3.05) is 39.3 Å². The largest absolute Gasteiger partial charge is 0.468 e. The lowest BCUT2D eigenvalue weighted by Gasteiger charge is -2.35. The molecule has 1 saturated heterocycles. The Morgan fingerprint density at radius 1 is 1.16 bits per heavy atom. The molecule has 1 amide bonds. The molecule has 0 radical (unpaired) electrons. The molecule has 0 N–H and O–H groups in total. The fourth-order valence-electron chi connectivity index (χ4n) is 3.54. The lowest BCUT2D eigenvalue weighted by Crippen LogP contribution is -2.52. The van der Waals surface area contributed by atoms with Gasteiger partial charge in [0, 0.05) is 39.1 Å². The summed E-state index contributed by atoms with van der Waals surface area (Å²) in [6.07, 6.45) is 1.89. The summed E-state index contributed by atoms with van der Waals surface area (Å²) >= 11 is 0. The number of amides is 1. The summed E-state index contributed by atoms with van der Waals surface area (Å²) in [5.41, 5.74) is 1.98. The van der Waals surface area contributed by atoms with Crippen LogP contribution in [-0.2, 0) is 21.4 Å². The first kappa shape index (κ1) is 23.0. The first-order valence-electron chi connectivity index (χ1n) is 10.3. The van der Waals surface area contributed by atoms with Crippen LogP contribution in [0.4, 0.5) is 0 Å². The van der Waals surface area contributed by atoms with Crippen LogP contribution in [0, 0.1) is 25.2 Å². The van der Waals surface area contributed by atoms with Crippen molar-refractivity contribution in [2.45, 2.75) is 31.7 Å². The van der Waals surface area contributed by atoms with Gasteiger partial charge in [-0.25, -0.2) is 8.42 Å². The molecular formula is C22H28N4O4S. The number of furan rings is 1. The fraction of sp³-hybridized carbons (Fsp3) is 0.455. The van der Waals surface area contributed by atoms with Gasteiger partial charge in [-0.2, -0.15) is 9.57 Å². The molecule has 1 aromatic carbocycles. The van der Waals surface area contributed by atoms with E-state index >= 15 is 0 Å². The van der Waals surface area contributed by atoms with Crippen LogP contribution in [0.2, 0.25) is 0 Å². The minimum absolute atomic E-state index is 0.0762. The maximum atomic E-state index is 13.0. The molecule has 3 rings (SSSR count). The van der Waals surface area contributed by atoms with Crippen molar-refractivity contribution in [2.24, 2.45) is 0 Å². The first-order valence-corrected chi connectivity index (χ1v) is 11.7. The van der Waals surface area contributed by atoms with Crippen LogP contribution in [0.15, 0.2) is 45.9 Å². The Morgan fingerprint density at radius 3 is 2.52 bits per heavy atom. The van der Waals surface area contributed by atoms with Gasteiger partial charge in [-0.1, -0.05) is 6.07 Å². The molecule has 1 aliphatic rings. The number of sulfonamides is 1. The molecule has 1 aliphatic heterocycles. The predicted octanol–water partition coefficient (Wildman–Crippen LogP) is 2.15. The van der Waals surface area contributed by atoms with Gasteiger partial charge in [0.2, 0.25) is 15.9 Å². The van der Waals surface area contributed by atoms with E-state index in [0.717, 1.165) is 16.9 Å². The van der Waals surface area contributed by atoms with E-state index in [1.165, 1.54) is 4.31 Å². The third-order valence-electron chi connectivity index (χ3n) is 5.57. The van der Waals surface area contributed by atoms with Crippen molar-refractivity contribution in [1.82, 2.24) is 14.1 Å². The van der Waals surface area contributed by atoms with E-state index < -0.39 is 10.0 Å². The molecule has 166 valence electrons. The van der Waals surface area contributed by atoms with Crippen molar-refractivity contribution in [3.05, 3.63) is 53.5 Å². The quantitative estimate of drug-likeness (QED) is 0.619. The van der Waals surface area contributed by atoms with Gasteiger partial charge in [0.05, 0.1) is 30.3 Å². The van der Waals surface area contributed by atoms with E-state index in [1.807, 2.05) is 30.9 Å². The van der Waals surface area contributed by atoms with E-state index in [1.54, 1.807) is 29.4 Å². The van der Waals surface area contributed by atoms with E-state index in [2.05, 4.69) is 6.07 Å². The summed E-state index contributed by atoms with van der Waals surface area (Å²) in [4.78, 5) is 16.7. The standard InChI is InChI=1S/C22H28N4O4S/c1-18-6-7-21(15-19(18)2)31(28,29)26-12-10-25(11-13-26)22(27)17-24(9-4-8-23)16-20-5-3-14-30-20/h3,5-7,14-15H,4,9-13,16-17H2,1-2H3. The molecule has 0 spiro atoms. The second-order valence-electron chi connectivity index (χ2n) is 7.73. The molecular weight excluding hydrogens is 416 g/mol. The number of hydrogen-bond acceptors (Lipinski definition) is 6. The zero-order valence-electron chi connectivity index (χ0n) is 18.0. The van der Waals surface area contributed by atoms with Crippen molar-refractivity contribution in [3.63, 3.8) is 0 Å². The molecule has 0 saturated carbocycles. The topological polar surface area (TPSA) is 97.9 Å². The maximum Gasteiger partial charge on any atom is 0.243 e. The van der Waals surface area contributed by atoms with Crippen LogP contribution in [-0.4, -0.2) is 67.7 Å². The van der Waals surface area contributed by atoms with Gasteiger partial charge in [-0.3, -0.25) is 9.69 Å². The smallest absolute Gasteiger partial charge is 0.243 e. The van der Waals surface area contributed by atoms with E-state index in [9.17, 15) is 13.2 Å². The number of nitriles is 1. The zero-order valence-corrected chi connectivity index (χ0v) is 18.8. The molecule has 9 heteroatoms. The predicted molar refractivity (Wildman–Crippen MR) is 115 cm³/mol. The summed E-state index contributed by atoms with van der Waals surface area (Å²) in [5, 5.41) is 8.90. The number of carbonyl (C=O) groups is 1. The van der Waals surface area contributed by atoms with Crippen LogP contribution in [0.3, 0.4) is 0 Å². The van der Waals surface area contributed by atoms with Gasteiger partial charge in [-0.05, 0) is 49.2 Å². The minimum atomic E-state index is -3.58. The van der Waals surface area contributed by atoms with Crippen molar-refractivity contribution < 1.29 is 17.6 Å². The highest BCUT2D eigenvalue weighted by molar-refractivity contribution is 7.89. The Morgan fingerprint density at radius 2 is 1.90 bits per heavy atom. The van der Waals surface area contributed by atoms with Gasteiger partial charge >= 0.3 is 0 Å². The monoisotopic (exact) mass is 444 g/mol. The van der Waals surface area contributed by atoms with Crippen LogP contribution >= 0.6 is 0 Å². The number of rotatable bonds is 8. The number of nitrogens with zero attached hydrogens (tertiary/aromatic N) is 4. The third kappa shape index (κ3) is 5.73. The number of hydrogen-bond donors (Lipinski definition) is 0. The van der Waals surface area contributed by atoms with E-state index in [0.29, 0.717) is 32.6 Å². The van der Waals surface area contributed by atoms with Gasteiger partial charge in [-0.15, -0.1) is 0 Å². The lowest BCUT2D eigenvalue weighted by molar-refractivity contribution is -0.133. The highest BCUT2D eigenvalue weighted by Gasteiger charge is 2.30. The Balaban J connectivity index is 1.59. The molecule has 1 fully saturated rings. The van der Waals surface area contributed by atoms with Crippen molar-refractivity contribution in [1.29, 1.82) is 5.26 Å². The Kier molecular flexibility index (Phi) is 7.49. The summed E-state index contributed by atoms with van der Waals surface area (Å²) in [6, 6.07) is 10.9. The van der Waals surface area contributed by atoms with Crippen molar-refractivity contribution in [3.8, 4) is 6.07 Å². The summed E-state index contributed by atoms with van der Waals surface area (Å²) < 4.78 is 32.7. The average Bonchev–Trinajstić information content (AvgIpc) is 3.27.